The molecule has 0 aliphatic rings. The van der Waals surface area contributed by atoms with Crippen LogP contribution in [0.5, 0.6) is 11.5 Å². The van der Waals surface area contributed by atoms with E-state index >= 15 is 0 Å². The van der Waals surface area contributed by atoms with E-state index in [1.54, 1.807) is 107 Å². The minimum absolute atomic E-state index is 0.149. The first-order valence-corrected chi connectivity index (χ1v) is 32.4. The second-order valence-corrected chi connectivity index (χ2v) is 27.4. The van der Waals surface area contributed by atoms with Crippen LogP contribution in [0, 0.1) is 0 Å². The van der Waals surface area contributed by atoms with Crippen LogP contribution in [0.15, 0.2) is 170 Å². The van der Waals surface area contributed by atoms with E-state index in [1.165, 1.54) is 28.2 Å². The maximum Gasteiger partial charge on any atom is 0.422 e. The predicted molar refractivity (Wildman–Crippen MR) is 359 cm³/mol. The molecule has 0 fully saturated rings. The van der Waals surface area contributed by atoms with Gasteiger partial charge in [0, 0.05) is 105 Å². The lowest BCUT2D eigenvalue weighted by atomic mass is 9.92. The van der Waals surface area contributed by atoms with Crippen LogP contribution < -0.4 is 40.2 Å². The fourth-order valence-electron chi connectivity index (χ4n) is 8.64. The van der Waals surface area contributed by atoms with Crippen LogP contribution in [0.1, 0.15) is 75.2 Å². The number of carbonyl (C=O) groups is 4. The van der Waals surface area contributed by atoms with Gasteiger partial charge in [0.15, 0.2) is 0 Å². The van der Waals surface area contributed by atoms with Gasteiger partial charge in [-0.05, 0) is 107 Å². The van der Waals surface area contributed by atoms with Crippen LogP contribution >= 0.6 is 0 Å². The number of hydrogen-bond acceptors (Lipinski definition) is 16. The molecule has 0 aliphatic heterocycles. The number of nitrogens with one attached hydrogen (secondary N) is 6. The standard InChI is InChI=1S/C35H39N7O6S.C31H37N7O6S/c1-35(2,3)31-22-32(42(39-31)26-12-10-25(11-13-26)23-48-34(44)40-49(45,46)41(4)5)38-33(43)37-29-14-15-30(28-9-7-6-8-27(28)29)47-21-18-24-16-19-36-20-17-24;1-31(2,3)27-20-28(34-29(39)33-24-8-12-26(13-9-24)43-19-16-22-14-17-32-18-15-22)38(35-27)25-10-6-23(7-11-25)21-44-30(40)36-45(41,42)37(4)5/h6-17,19-20,22H,18,21,23H2,1-5H3,(H,40,44)(H2,37,38,43);6-15,17-18,20H,16,19,21H2,1-5H3,(H,36,40)(H2,33,34,39). The number of hydrogen-bond donors (Lipinski definition) is 6. The zero-order chi connectivity index (χ0) is 67.8. The molecule has 9 rings (SSSR count). The molecule has 0 spiro atoms. The summed E-state index contributed by atoms with van der Waals surface area (Å²) in [4.78, 5) is 58.3. The van der Waals surface area contributed by atoms with Gasteiger partial charge in [0.25, 0.3) is 0 Å². The normalized spacial score (nSPS) is 11.7. The van der Waals surface area contributed by atoms with Crippen LogP contribution in [0.4, 0.5) is 42.2 Å². The molecular formula is C66H76N14O12S2. The molecule has 0 radical (unpaired) electrons. The molecule has 6 amide bonds. The summed E-state index contributed by atoms with van der Waals surface area (Å²) >= 11 is 0. The highest BCUT2D eigenvalue weighted by molar-refractivity contribution is 7.87. The average molecular weight is 1320 g/mol. The van der Waals surface area contributed by atoms with Gasteiger partial charge in [-0.15, -0.1) is 0 Å². The van der Waals surface area contributed by atoms with Gasteiger partial charge in [-0.25, -0.2) is 38.0 Å². The van der Waals surface area contributed by atoms with Crippen LogP contribution in [-0.2, 0) is 66.8 Å². The van der Waals surface area contributed by atoms with Crippen molar-refractivity contribution in [3.8, 4) is 22.9 Å². The summed E-state index contributed by atoms with van der Waals surface area (Å²) in [6.45, 7) is 12.8. The van der Waals surface area contributed by atoms with Crippen molar-refractivity contribution in [2.75, 3.05) is 62.7 Å². The quantitative estimate of drug-likeness (QED) is 0.0367. The largest absolute Gasteiger partial charge is 0.493 e. The highest BCUT2D eigenvalue weighted by Crippen LogP contribution is 2.33. The summed E-state index contributed by atoms with van der Waals surface area (Å²) in [6.07, 6.45) is 6.34. The van der Waals surface area contributed by atoms with Crippen molar-refractivity contribution < 1.29 is 55.0 Å². The fourth-order valence-corrected chi connectivity index (χ4v) is 9.54. The third-order valence-corrected chi connectivity index (χ3v) is 16.7. The lowest BCUT2D eigenvalue weighted by molar-refractivity contribution is 0.144. The number of anilines is 4. The molecule has 4 aromatic heterocycles. The number of ether oxygens (including phenoxy) is 4. The van der Waals surface area contributed by atoms with Crippen molar-refractivity contribution in [2.24, 2.45) is 0 Å². The number of rotatable bonds is 22. The Hall–Kier alpha value is -10.4. The zero-order valence-corrected chi connectivity index (χ0v) is 55.3. The fraction of sp³-hybridized carbons (Fsp3) is 0.273. The second kappa shape index (κ2) is 30.8. The lowest BCUT2D eigenvalue weighted by Crippen LogP contribution is -2.39. The lowest BCUT2D eigenvalue weighted by Gasteiger charge is -2.15. The van der Waals surface area contributed by atoms with Gasteiger partial charge in [0.05, 0.1) is 41.7 Å². The van der Waals surface area contributed by atoms with E-state index in [0.717, 1.165) is 60.5 Å². The van der Waals surface area contributed by atoms with Gasteiger partial charge in [0.1, 0.15) is 36.3 Å². The molecule has 94 heavy (non-hydrogen) atoms. The van der Waals surface area contributed by atoms with Crippen LogP contribution in [0.25, 0.3) is 22.1 Å². The summed E-state index contributed by atoms with van der Waals surface area (Å²) in [7, 11) is -2.74. The first kappa shape index (κ1) is 69.5. The second-order valence-electron chi connectivity index (χ2n) is 23.7. The minimum atomic E-state index is -3.96. The predicted octanol–water partition coefficient (Wildman–Crippen LogP) is 10.9. The summed E-state index contributed by atoms with van der Waals surface area (Å²) in [5.41, 5.74) is 6.92. The van der Waals surface area contributed by atoms with Gasteiger partial charge >= 0.3 is 44.7 Å². The van der Waals surface area contributed by atoms with Gasteiger partial charge < -0.3 is 29.6 Å². The van der Waals surface area contributed by atoms with Crippen molar-refractivity contribution in [3.63, 3.8) is 0 Å². The molecule has 0 aliphatic carbocycles. The Morgan fingerprint density at radius 2 is 0.904 bits per heavy atom. The van der Waals surface area contributed by atoms with Crippen LogP contribution in [0.3, 0.4) is 0 Å². The van der Waals surface area contributed by atoms with Crippen LogP contribution in [-0.4, -0.2) is 121 Å². The number of carbonyl (C=O) groups excluding carboxylic acids is 4. The van der Waals surface area contributed by atoms with E-state index in [0.29, 0.717) is 64.5 Å². The summed E-state index contributed by atoms with van der Waals surface area (Å²) in [6, 6.07) is 42.9. The number of amides is 6. The van der Waals surface area contributed by atoms with Crippen molar-refractivity contribution in [3.05, 3.63) is 204 Å². The maximum absolute atomic E-state index is 13.4. The first-order valence-electron chi connectivity index (χ1n) is 29.6. The molecule has 26 nitrogen and oxygen atoms in total. The average Bonchev–Trinajstić information content (AvgIpc) is 1.52. The molecular weight excluding hydrogens is 1240 g/mol. The van der Waals surface area contributed by atoms with E-state index in [9.17, 15) is 36.0 Å². The Labute approximate surface area is 546 Å². The van der Waals surface area contributed by atoms with Crippen LogP contribution in [0.2, 0.25) is 0 Å². The van der Waals surface area contributed by atoms with Crippen molar-refractivity contribution >= 4 is 78.5 Å². The van der Waals surface area contributed by atoms with Gasteiger partial charge in [-0.1, -0.05) is 90.1 Å². The SMILES string of the molecule is CN(C)S(=O)(=O)NC(=O)OCc1ccc(-n2nc(C(C)(C)C)cc2NC(=O)Nc2ccc(OCCc3ccncc3)c3ccccc23)cc1.CN(C)S(=O)(=O)NC(=O)OCc1ccc(-n2nc(C(C)(C)C)cc2NC(=O)Nc2ccc(OCCc3ccncc3)cc2)cc1. The topological polar surface area (TPSA) is 314 Å². The van der Waals surface area contributed by atoms with E-state index in [2.05, 4.69) is 31.2 Å². The highest BCUT2D eigenvalue weighted by atomic mass is 32.2. The number of nitrogens with zero attached hydrogens (tertiary/aromatic N) is 8. The van der Waals surface area contributed by atoms with E-state index in [1.807, 2.05) is 124 Å². The molecule has 4 heterocycles. The molecule has 9 aromatic rings. The zero-order valence-electron chi connectivity index (χ0n) is 53.7. The molecule has 0 saturated heterocycles. The number of benzene rings is 5. The van der Waals surface area contributed by atoms with E-state index in [4.69, 9.17) is 29.1 Å². The third kappa shape index (κ3) is 19.8. The highest BCUT2D eigenvalue weighted by Gasteiger charge is 2.25. The summed E-state index contributed by atoms with van der Waals surface area (Å²) in [5.74, 6) is 2.30. The molecule has 494 valence electrons. The third-order valence-electron chi connectivity index (χ3n) is 14.0. The Balaban J connectivity index is 0.000000242. The Morgan fingerprint density at radius 1 is 0.479 bits per heavy atom. The maximum atomic E-state index is 13.4. The van der Waals surface area contributed by atoms with E-state index in [-0.39, 0.29) is 24.0 Å². The number of pyridine rings is 2. The van der Waals surface area contributed by atoms with Crippen molar-refractivity contribution in [2.45, 2.75) is 78.4 Å². The Kier molecular flexibility index (Phi) is 22.8. The monoisotopic (exact) mass is 1320 g/mol. The Morgan fingerprint density at radius 3 is 1.34 bits per heavy atom. The summed E-state index contributed by atoms with van der Waals surface area (Å²) < 4.78 is 77.9. The Bertz CT molecular complexity index is 4290. The molecule has 0 atom stereocenters. The van der Waals surface area contributed by atoms with Crippen molar-refractivity contribution in [1.82, 2.24) is 47.6 Å². The first-order chi connectivity index (χ1) is 44.6. The number of urea groups is 2. The summed E-state index contributed by atoms with van der Waals surface area (Å²) in [5, 5.41) is 22.8. The van der Waals surface area contributed by atoms with E-state index < -0.39 is 44.7 Å². The minimum Gasteiger partial charge on any atom is -0.493 e. The number of aromatic nitrogens is 6. The molecule has 0 saturated carbocycles. The molecule has 5 aromatic carbocycles. The molecule has 6 N–H and O–H groups in total. The molecule has 28 heteroatoms. The molecule has 0 unspecified atom stereocenters. The van der Waals surface area contributed by atoms with Gasteiger partial charge in [-0.2, -0.15) is 35.6 Å². The van der Waals surface area contributed by atoms with Gasteiger partial charge in [-0.3, -0.25) is 20.6 Å². The van der Waals surface area contributed by atoms with Gasteiger partial charge in [0.2, 0.25) is 0 Å². The number of fused-ring (bicyclic) bond motifs is 1. The van der Waals surface area contributed by atoms with Crippen molar-refractivity contribution in [1.29, 1.82) is 0 Å². The smallest absolute Gasteiger partial charge is 0.422 e. The molecule has 0 bridgehead atoms.